The molecule has 1 aromatic heterocycles. The van der Waals surface area contributed by atoms with Gasteiger partial charge in [0.1, 0.15) is 0 Å². The van der Waals surface area contributed by atoms with Gasteiger partial charge in [-0.25, -0.2) is 0 Å². The van der Waals surface area contributed by atoms with Crippen LogP contribution >= 0.6 is 0 Å². The third-order valence-corrected chi connectivity index (χ3v) is 3.14. The highest BCUT2D eigenvalue weighted by Crippen LogP contribution is 2.26. The summed E-state index contributed by atoms with van der Waals surface area (Å²) in [5, 5.41) is 14.6. The van der Waals surface area contributed by atoms with Gasteiger partial charge in [0.15, 0.2) is 6.40 Å². The molecular weight excluding hydrogens is 266 g/mol. The van der Waals surface area contributed by atoms with E-state index >= 15 is 0 Å². The molecule has 1 atom stereocenters. The summed E-state index contributed by atoms with van der Waals surface area (Å²) >= 11 is 0. The van der Waals surface area contributed by atoms with Crippen LogP contribution < -0.4 is 11.5 Å². The zero-order valence-electron chi connectivity index (χ0n) is 11.6. The van der Waals surface area contributed by atoms with E-state index in [1.807, 2.05) is 19.1 Å². The number of aryl methyl sites for hydroxylation is 1. The molecule has 0 radical (unpaired) electrons. The van der Waals surface area contributed by atoms with Crippen LogP contribution in [-0.2, 0) is 4.74 Å². The van der Waals surface area contributed by atoms with Gasteiger partial charge in [0.05, 0.1) is 6.04 Å². The molecule has 1 heterocycles. The lowest BCUT2D eigenvalue weighted by Gasteiger charge is -2.16. The summed E-state index contributed by atoms with van der Waals surface area (Å²) in [4.78, 5) is 4.14. The summed E-state index contributed by atoms with van der Waals surface area (Å²) < 4.78 is 4.76. The quantitative estimate of drug-likeness (QED) is 0.389. The second-order valence-electron chi connectivity index (χ2n) is 4.62. The van der Waals surface area contributed by atoms with Crippen molar-refractivity contribution in [2.24, 2.45) is 5.73 Å². The Bertz CT molecular complexity index is 684. The molecule has 6 nitrogen and oxygen atoms in total. The van der Waals surface area contributed by atoms with Crippen molar-refractivity contribution in [3.05, 3.63) is 58.9 Å². The van der Waals surface area contributed by atoms with Gasteiger partial charge < -0.3 is 16.2 Å². The van der Waals surface area contributed by atoms with Crippen LogP contribution in [0.25, 0.3) is 0 Å². The minimum Gasteiger partial charge on any atom is -0.428 e. The van der Waals surface area contributed by atoms with Crippen molar-refractivity contribution in [3.8, 4) is 0 Å². The van der Waals surface area contributed by atoms with E-state index in [4.69, 9.17) is 27.0 Å². The summed E-state index contributed by atoms with van der Waals surface area (Å²) in [6.45, 7) is 1.89. The van der Waals surface area contributed by atoms with Crippen molar-refractivity contribution in [2.45, 2.75) is 13.0 Å². The minimum absolute atomic E-state index is 0.121. The van der Waals surface area contributed by atoms with Crippen molar-refractivity contribution in [1.82, 2.24) is 4.98 Å². The number of rotatable bonds is 4. The van der Waals surface area contributed by atoms with E-state index in [1.165, 1.54) is 0 Å². The third kappa shape index (κ3) is 3.24. The maximum atomic E-state index is 7.71. The van der Waals surface area contributed by atoms with Crippen LogP contribution in [-0.4, -0.2) is 17.3 Å². The van der Waals surface area contributed by atoms with E-state index in [0.29, 0.717) is 23.2 Å². The van der Waals surface area contributed by atoms with Gasteiger partial charge in [-0.05, 0) is 48.4 Å². The van der Waals surface area contributed by atoms with Gasteiger partial charge >= 0.3 is 0 Å². The lowest BCUT2D eigenvalue weighted by molar-refractivity contribution is 0.561. The highest BCUT2D eigenvalue weighted by molar-refractivity contribution is 5.95. The smallest absolute Gasteiger partial charge is 0.220 e. The van der Waals surface area contributed by atoms with Gasteiger partial charge in [0.2, 0.25) is 5.90 Å². The lowest BCUT2D eigenvalue weighted by atomic mass is 9.96. The van der Waals surface area contributed by atoms with Gasteiger partial charge in [-0.1, -0.05) is 0 Å². The molecule has 108 valence electrons. The van der Waals surface area contributed by atoms with Crippen LogP contribution in [0, 0.1) is 17.7 Å². The number of ether oxygens (including phenoxy) is 1. The molecule has 1 aromatic carbocycles. The fourth-order valence-corrected chi connectivity index (χ4v) is 2.05. The number of pyridine rings is 1. The maximum absolute atomic E-state index is 7.71. The van der Waals surface area contributed by atoms with Crippen molar-refractivity contribution < 1.29 is 4.74 Å². The number of anilines is 1. The SMILES string of the molecule is Cc1cc(C(N)c2cc(C(=N)OC=N)ccc2N)ccn1. The molecule has 0 fully saturated rings. The summed E-state index contributed by atoms with van der Waals surface area (Å²) in [5.74, 6) is -0.121. The molecule has 21 heavy (non-hydrogen) atoms. The molecule has 6 heteroatoms. The predicted molar refractivity (Wildman–Crippen MR) is 82.6 cm³/mol. The Morgan fingerprint density at radius 3 is 2.76 bits per heavy atom. The zero-order chi connectivity index (χ0) is 15.4. The standard InChI is InChI=1S/C15H17N5O/c1-9-6-10(4-5-20-9)14(18)12-7-11(2-3-13(12)17)15(19)21-8-16/h2-8,14,16,19H,17-18H2,1H3. The first-order valence-electron chi connectivity index (χ1n) is 6.35. The first-order valence-corrected chi connectivity index (χ1v) is 6.35. The Hall–Kier alpha value is -2.73. The van der Waals surface area contributed by atoms with Crippen molar-refractivity contribution >= 4 is 18.0 Å². The Labute approximate surface area is 122 Å². The molecule has 0 bridgehead atoms. The molecule has 0 spiro atoms. The fraction of sp³-hybridized carbons (Fsp3) is 0.133. The second-order valence-corrected chi connectivity index (χ2v) is 4.62. The molecule has 6 N–H and O–H groups in total. The lowest BCUT2D eigenvalue weighted by Crippen LogP contribution is -2.15. The maximum Gasteiger partial charge on any atom is 0.220 e. The number of aromatic nitrogens is 1. The average molecular weight is 283 g/mol. The Balaban J connectivity index is 2.40. The van der Waals surface area contributed by atoms with Crippen molar-refractivity contribution in [2.75, 3.05) is 5.73 Å². The Morgan fingerprint density at radius 1 is 1.33 bits per heavy atom. The number of hydrogen-bond donors (Lipinski definition) is 4. The van der Waals surface area contributed by atoms with Gasteiger partial charge in [-0.15, -0.1) is 0 Å². The van der Waals surface area contributed by atoms with Crippen LogP contribution in [0.5, 0.6) is 0 Å². The molecule has 0 aliphatic rings. The van der Waals surface area contributed by atoms with E-state index in [1.54, 1.807) is 24.4 Å². The summed E-state index contributed by atoms with van der Waals surface area (Å²) in [5.41, 5.74) is 15.8. The number of nitrogens with one attached hydrogen (secondary N) is 2. The number of hydrogen-bond acceptors (Lipinski definition) is 6. The number of nitrogen functional groups attached to an aromatic ring is 1. The molecular formula is C15H17N5O. The predicted octanol–water partition coefficient (Wildman–Crippen LogP) is 1.97. The molecule has 0 saturated carbocycles. The molecule has 1 unspecified atom stereocenters. The summed E-state index contributed by atoms with van der Waals surface area (Å²) in [6.07, 6.45) is 2.41. The molecule has 0 saturated heterocycles. The van der Waals surface area contributed by atoms with E-state index in [9.17, 15) is 0 Å². The van der Waals surface area contributed by atoms with E-state index < -0.39 is 6.04 Å². The van der Waals surface area contributed by atoms with Gasteiger partial charge in [-0.2, -0.15) is 0 Å². The van der Waals surface area contributed by atoms with E-state index in [-0.39, 0.29) is 5.90 Å². The number of nitrogens with two attached hydrogens (primary N) is 2. The molecule has 0 aliphatic carbocycles. The minimum atomic E-state index is -0.417. The van der Waals surface area contributed by atoms with Crippen LogP contribution in [0.3, 0.4) is 0 Å². The van der Waals surface area contributed by atoms with E-state index in [2.05, 4.69) is 4.98 Å². The van der Waals surface area contributed by atoms with Crippen molar-refractivity contribution in [1.29, 1.82) is 10.8 Å². The first-order chi connectivity index (χ1) is 10.0. The monoisotopic (exact) mass is 283 g/mol. The van der Waals surface area contributed by atoms with Gasteiger partial charge in [0.25, 0.3) is 0 Å². The molecule has 0 aliphatic heterocycles. The zero-order valence-corrected chi connectivity index (χ0v) is 11.6. The first kappa shape index (κ1) is 14.7. The Kier molecular flexibility index (Phi) is 4.30. The van der Waals surface area contributed by atoms with Crippen LogP contribution in [0.1, 0.15) is 28.4 Å². The fourth-order valence-electron chi connectivity index (χ4n) is 2.05. The largest absolute Gasteiger partial charge is 0.428 e. The number of nitrogens with zero attached hydrogens (tertiary/aromatic N) is 1. The topological polar surface area (TPSA) is 122 Å². The Morgan fingerprint density at radius 2 is 2.10 bits per heavy atom. The molecule has 2 aromatic rings. The van der Waals surface area contributed by atoms with Crippen LogP contribution in [0.4, 0.5) is 5.69 Å². The van der Waals surface area contributed by atoms with Gasteiger partial charge in [0, 0.05) is 23.1 Å². The van der Waals surface area contributed by atoms with Crippen LogP contribution in [0.2, 0.25) is 0 Å². The summed E-state index contributed by atoms with van der Waals surface area (Å²) in [6, 6.07) is 8.37. The third-order valence-electron chi connectivity index (χ3n) is 3.14. The summed E-state index contributed by atoms with van der Waals surface area (Å²) in [7, 11) is 0. The van der Waals surface area contributed by atoms with Gasteiger partial charge in [-0.3, -0.25) is 15.8 Å². The normalized spacial score (nSPS) is 11.7. The highest BCUT2D eigenvalue weighted by Gasteiger charge is 2.15. The second kappa shape index (κ2) is 6.15. The highest BCUT2D eigenvalue weighted by atomic mass is 16.5. The van der Waals surface area contributed by atoms with Crippen LogP contribution in [0.15, 0.2) is 36.5 Å². The number of benzene rings is 1. The average Bonchev–Trinajstić information content (AvgIpc) is 2.47. The van der Waals surface area contributed by atoms with Crippen molar-refractivity contribution in [3.63, 3.8) is 0 Å². The molecule has 0 amide bonds. The molecule has 2 rings (SSSR count). The van der Waals surface area contributed by atoms with E-state index in [0.717, 1.165) is 11.3 Å².